The Labute approximate surface area is 112 Å². The van der Waals surface area contributed by atoms with E-state index in [4.69, 9.17) is 4.74 Å². The van der Waals surface area contributed by atoms with Crippen LogP contribution in [0.1, 0.15) is 19.3 Å². The van der Waals surface area contributed by atoms with Gasteiger partial charge in [-0.15, -0.1) is 0 Å². The summed E-state index contributed by atoms with van der Waals surface area (Å²) in [5.74, 6) is 1.67. The zero-order valence-electron chi connectivity index (χ0n) is 11.0. The van der Waals surface area contributed by atoms with Gasteiger partial charge in [0.2, 0.25) is 0 Å². The van der Waals surface area contributed by atoms with E-state index in [1.807, 2.05) is 35.1 Å². The second kappa shape index (κ2) is 4.23. The van der Waals surface area contributed by atoms with E-state index in [0.29, 0.717) is 5.41 Å². The minimum absolute atomic E-state index is 0.612. The minimum Gasteiger partial charge on any atom is -0.493 e. The normalized spacial score (nSPS) is 29.8. The zero-order chi connectivity index (χ0) is 12.7. The third-order valence-corrected chi connectivity index (χ3v) is 4.63. The van der Waals surface area contributed by atoms with Gasteiger partial charge in [-0.3, -0.25) is 0 Å². The van der Waals surface area contributed by atoms with E-state index < -0.39 is 0 Å². The molecule has 0 aromatic carbocycles. The summed E-state index contributed by atoms with van der Waals surface area (Å²) in [6.07, 6.45) is 9.76. The Hall–Kier alpha value is -1.55. The molecule has 1 N–H and O–H groups in total. The van der Waals surface area contributed by atoms with Gasteiger partial charge in [0.05, 0.1) is 6.61 Å². The van der Waals surface area contributed by atoms with E-state index in [0.717, 1.165) is 23.9 Å². The summed E-state index contributed by atoms with van der Waals surface area (Å²) in [6, 6.07) is 4.02. The number of hydrogen-bond donors (Lipinski definition) is 1. The lowest BCUT2D eigenvalue weighted by atomic mass is 9.62. The van der Waals surface area contributed by atoms with Crippen LogP contribution in [0.4, 0.5) is 0 Å². The van der Waals surface area contributed by atoms with E-state index in [2.05, 4.69) is 10.3 Å². The Bertz CT molecular complexity index is 578. The second-order valence-corrected chi connectivity index (χ2v) is 6.07. The fraction of sp³-hybridized carbons (Fsp3) is 0.533. The fourth-order valence-electron chi connectivity index (χ4n) is 3.62. The third-order valence-electron chi connectivity index (χ3n) is 4.63. The number of aromatic nitrogens is 2. The van der Waals surface area contributed by atoms with Crippen molar-refractivity contribution in [3.05, 3.63) is 30.7 Å². The number of rotatable bonds is 3. The van der Waals surface area contributed by atoms with E-state index in [1.54, 1.807) is 0 Å². The second-order valence-electron chi connectivity index (χ2n) is 6.07. The first kappa shape index (κ1) is 11.3. The molecule has 0 bridgehead atoms. The van der Waals surface area contributed by atoms with Gasteiger partial charge in [-0.1, -0.05) is 0 Å². The fourth-order valence-corrected chi connectivity index (χ4v) is 3.62. The molecule has 2 aromatic rings. The average molecular weight is 257 g/mol. The first-order chi connectivity index (χ1) is 9.33. The SMILES string of the molecule is c1cn2ccc(OCC3CC4(CCNC4)C3)cc2n1. The first-order valence-electron chi connectivity index (χ1n) is 7.09. The molecule has 0 radical (unpaired) electrons. The van der Waals surface area contributed by atoms with Crippen molar-refractivity contribution >= 4 is 5.65 Å². The predicted octanol–water partition coefficient (Wildman–Crippen LogP) is 2.10. The van der Waals surface area contributed by atoms with E-state index in [-0.39, 0.29) is 0 Å². The molecular weight excluding hydrogens is 238 g/mol. The van der Waals surface area contributed by atoms with Crippen molar-refractivity contribution in [2.45, 2.75) is 19.3 Å². The first-order valence-corrected chi connectivity index (χ1v) is 7.09. The van der Waals surface area contributed by atoms with Crippen LogP contribution in [0.2, 0.25) is 0 Å². The molecule has 1 saturated carbocycles. The van der Waals surface area contributed by atoms with Gasteiger partial charge in [-0.2, -0.15) is 0 Å². The summed E-state index contributed by atoms with van der Waals surface area (Å²) in [4.78, 5) is 4.27. The van der Waals surface area contributed by atoms with Crippen LogP contribution in [0, 0.1) is 11.3 Å². The number of nitrogens with zero attached hydrogens (tertiary/aromatic N) is 2. The van der Waals surface area contributed by atoms with Gasteiger partial charge in [0, 0.05) is 31.2 Å². The molecule has 2 aliphatic rings. The molecule has 0 atom stereocenters. The van der Waals surface area contributed by atoms with Gasteiger partial charge in [-0.05, 0) is 43.2 Å². The van der Waals surface area contributed by atoms with E-state index >= 15 is 0 Å². The molecule has 100 valence electrons. The Morgan fingerprint density at radius 2 is 2.37 bits per heavy atom. The Morgan fingerprint density at radius 1 is 1.42 bits per heavy atom. The Morgan fingerprint density at radius 3 is 3.21 bits per heavy atom. The lowest BCUT2D eigenvalue weighted by molar-refractivity contribution is 0.0405. The number of nitrogens with one attached hydrogen (secondary N) is 1. The number of hydrogen-bond acceptors (Lipinski definition) is 3. The maximum absolute atomic E-state index is 5.92. The highest BCUT2D eigenvalue weighted by molar-refractivity contribution is 5.44. The third kappa shape index (κ3) is 2.00. The average Bonchev–Trinajstić information content (AvgIpc) is 3.03. The lowest BCUT2D eigenvalue weighted by Crippen LogP contribution is -2.41. The van der Waals surface area contributed by atoms with Crippen LogP contribution >= 0.6 is 0 Å². The largest absolute Gasteiger partial charge is 0.493 e. The molecule has 1 aliphatic carbocycles. The molecule has 4 heteroatoms. The van der Waals surface area contributed by atoms with Gasteiger partial charge >= 0.3 is 0 Å². The highest BCUT2D eigenvalue weighted by Gasteiger charge is 2.45. The quantitative estimate of drug-likeness (QED) is 0.915. The molecule has 3 heterocycles. The molecule has 4 nitrogen and oxygen atoms in total. The number of fused-ring (bicyclic) bond motifs is 1. The maximum atomic E-state index is 5.92. The van der Waals surface area contributed by atoms with Crippen molar-refractivity contribution in [3.63, 3.8) is 0 Å². The molecular formula is C15H19N3O. The monoisotopic (exact) mass is 257 g/mol. The molecule has 0 unspecified atom stereocenters. The van der Waals surface area contributed by atoms with Crippen molar-refractivity contribution in [3.8, 4) is 5.75 Å². The van der Waals surface area contributed by atoms with Gasteiger partial charge < -0.3 is 14.5 Å². The van der Waals surface area contributed by atoms with Crippen LogP contribution in [0.25, 0.3) is 5.65 Å². The summed E-state index contributed by atoms with van der Waals surface area (Å²) in [5, 5.41) is 3.47. The molecule has 1 saturated heterocycles. The maximum Gasteiger partial charge on any atom is 0.140 e. The summed E-state index contributed by atoms with van der Waals surface area (Å²) in [6.45, 7) is 3.26. The van der Waals surface area contributed by atoms with Crippen molar-refractivity contribution in [2.75, 3.05) is 19.7 Å². The molecule has 19 heavy (non-hydrogen) atoms. The molecule has 2 fully saturated rings. The van der Waals surface area contributed by atoms with Crippen LogP contribution in [0.15, 0.2) is 30.7 Å². The molecule has 1 spiro atoms. The van der Waals surface area contributed by atoms with Crippen molar-refractivity contribution in [1.82, 2.24) is 14.7 Å². The smallest absolute Gasteiger partial charge is 0.140 e. The number of imidazole rings is 1. The van der Waals surface area contributed by atoms with Gasteiger partial charge in [0.1, 0.15) is 11.4 Å². The zero-order valence-corrected chi connectivity index (χ0v) is 11.0. The molecule has 4 rings (SSSR count). The van der Waals surface area contributed by atoms with Gasteiger partial charge in [-0.25, -0.2) is 4.98 Å². The highest BCUT2D eigenvalue weighted by atomic mass is 16.5. The standard InChI is InChI=1S/C15H19N3O/c1-5-18-6-4-17-14(18)7-13(1)19-10-12-8-15(9-12)2-3-16-11-15/h1,4-7,12,16H,2-3,8-11H2. The summed E-state index contributed by atoms with van der Waals surface area (Å²) in [7, 11) is 0. The summed E-state index contributed by atoms with van der Waals surface area (Å²) < 4.78 is 7.91. The van der Waals surface area contributed by atoms with Crippen molar-refractivity contribution in [2.24, 2.45) is 11.3 Å². The van der Waals surface area contributed by atoms with Gasteiger partial charge in [0.25, 0.3) is 0 Å². The number of pyridine rings is 1. The van der Waals surface area contributed by atoms with Gasteiger partial charge in [0.15, 0.2) is 0 Å². The summed E-state index contributed by atoms with van der Waals surface area (Å²) in [5.41, 5.74) is 1.56. The topological polar surface area (TPSA) is 38.6 Å². The minimum atomic E-state index is 0.612. The van der Waals surface area contributed by atoms with Crippen LogP contribution in [-0.2, 0) is 0 Å². The molecule has 1 aliphatic heterocycles. The van der Waals surface area contributed by atoms with Crippen molar-refractivity contribution < 1.29 is 4.74 Å². The predicted molar refractivity (Wildman–Crippen MR) is 73.3 cm³/mol. The van der Waals surface area contributed by atoms with Crippen molar-refractivity contribution in [1.29, 1.82) is 0 Å². The van der Waals surface area contributed by atoms with E-state index in [9.17, 15) is 0 Å². The molecule has 2 aromatic heterocycles. The van der Waals surface area contributed by atoms with E-state index in [1.165, 1.54) is 32.4 Å². The lowest BCUT2D eigenvalue weighted by Gasteiger charge is -2.44. The highest BCUT2D eigenvalue weighted by Crippen LogP contribution is 2.49. The Kier molecular flexibility index (Phi) is 2.52. The molecule has 0 amide bonds. The van der Waals surface area contributed by atoms with Crippen LogP contribution in [0.5, 0.6) is 5.75 Å². The van der Waals surface area contributed by atoms with Crippen LogP contribution in [-0.4, -0.2) is 29.1 Å². The van der Waals surface area contributed by atoms with Crippen LogP contribution < -0.4 is 10.1 Å². The number of ether oxygens (including phenoxy) is 1. The Balaban J connectivity index is 1.35. The van der Waals surface area contributed by atoms with Crippen LogP contribution in [0.3, 0.4) is 0 Å². The summed E-state index contributed by atoms with van der Waals surface area (Å²) >= 11 is 0.